The highest BCUT2D eigenvalue weighted by molar-refractivity contribution is 7.09. The third-order valence-electron chi connectivity index (χ3n) is 3.71. The van der Waals surface area contributed by atoms with Gasteiger partial charge in [-0.3, -0.25) is 4.79 Å². The molecular weight excluding hydrogens is 268 g/mol. The van der Waals surface area contributed by atoms with Crippen molar-refractivity contribution in [2.24, 2.45) is 0 Å². The van der Waals surface area contributed by atoms with Gasteiger partial charge in [-0.15, -0.1) is 11.3 Å². The van der Waals surface area contributed by atoms with Crippen LogP contribution in [-0.2, 0) is 24.2 Å². The van der Waals surface area contributed by atoms with Crippen LogP contribution < -0.4 is 0 Å². The maximum atomic E-state index is 12.4. The van der Waals surface area contributed by atoms with Gasteiger partial charge in [0.1, 0.15) is 0 Å². The Kier molecular flexibility index (Phi) is 3.83. The van der Waals surface area contributed by atoms with Gasteiger partial charge in [0.05, 0.1) is 17.1 Å². The summed E-state index contributed by atoms with van der Waals surface area (Å²) in [5.74, 6) is 0.187. The van der Waals surface area contributed by atoms with Gasteiger partial charge in [-0.25, -0.2) is 4.98 Å². The number of benzene rings is 1. The van der Waals surface area contributed by atoms with Crippen LogP contribution in [0.4, 0.5) is 0 Å². The Morgan fingerprint density at radius 3 is 2.90 bits per heavy atom. The second-order valence-electron chi connectivity index (χ2n) is 5.22. The molecule has 2 aromatic rings. The molecule has 1 amide bonds. The van der Waals surface area contributed by atoms with E-state index in [-0.39, 0.29) is 5.91 Å². The zero-order valence-electron chi connectivity index (χ0n) is 11.6. The molecule has 0 spiro atoms. The number of thiazole rings is 1. The molecule has 4 heteroatoms. The molecular formula is C16H18N2OS. The van der Waals surface area contributed by atoms with Gasteiger partial charge in [0.2, 0.25) is 5.91 Å². The third-order valence-corrected chi connectivity index (χ3v) is 4.53. The van der Waals surface area contributed by atoms with E-state index in [4.69, 9.17) is 0 Å². The molecule has 1 aliphatic heterocycles. The summed E-state index contributed by atoms with van der Waals surface area (Å²) in [4.78, 5) is 18.8. The Balaban J connectivity index is 1.72. The van der Waals surface area contributed by atoms with Crippen molar-refractivity contribution >= 4 is 17.2 Å². The van der Waals surface area contributed by atoms with Crippen molar-refractivity contribution in [1.82, 2.24) is 9.88 Å². The van der Waals surface area contributed by atoms with Crippen LogP contribution in [0.5, 0.6) is 0 Å². The summed E-state index contributed by atoms with van der Waals surface area (Å²) < 4.78 is 0. The lowest BCUT2D eigenvalue weighted by Gasteiger charge is -2.20. The van der Waals surface area contributed by atoms with Crippen molar-refractivity contribution < 1.29 is 4.79 Å². The van der Waals surface area contributed by atoms with E-state index < -0.39 is 0 Å². The van der Waals surface area contributed by atoms with E-state index in [1.807, 2.05) is 17.2 Å². The SMILES string of the molecule is Cc1nc(CC(=O)N2CCCc3ccccc3C2)cs1. The van der Waals surface area contributed by atoms with Gasteiger partial charge in [-0.1, -0.05) is 24.3 Å². The van der Waals surface area contributed by atoms with E-state index in [0.717, 1.165) is 36.6 Å². The highest BCUT2D eigenvalue weighted by Crippen LogP contribution is 2.19. The van der Waals surface area contributed by atoms with Gasteiger partial charge < -0.3 is 4.90 Å². The number of hydrogen-bond donors (Lipinski definition) is 0. The molecule has 0 N–H and O–H groups in total. The summed E-state index contributed by atoms with van der Waals surface area (Å²) in [7, 11) is 0. The molecule has 104 valence electrons. The van der Waals surface area contributed by atoms with E-state index in [1.54, 1.807) is 11.3 Å². The van der Waals surface area contributed by atoms with Crippen LogP contribution in [0.2, 0.25) is 0 Å². The fourth-order valence-electron chi connectivity index (χ4n) is 2.67. The lowest BCUT2D eigenvalue weighted by molar-refractivity contribution is -0.131. The van der Waals surface area contributed by atoms with Crippen LogP contribution in [0.3, 0.4) is 0 Å². The molecule has 3 nitrogen and oxygen atoms in total. The lowest BCUT2D eigenvalue weighted by atomic mass is 10.0. The van der Waals surface area contributed by atoms with Crippen LogP contribution in [0.25, 0.3) is 0 Å². The number of carbonyl (C=O) groups is 1. The first-order chi connectivity index (χ1) is 9.72. The van der Waals surface area contributed by atoms with Gasteiger partial charge in [0, 0.05) is 18.5 Å². The van der Waals surface area contributed by atoms with Gasteiger partial charge in [-0.2, -0.15) is 0 Å². The number of rotatable bonds is 2. The maximum Gasteiger partial charge on any atom is 0.228 e. The van der Waals surface area contributed by atoms with E-state index in [9.17, 15) is 4.79 Å². The number of aryl methyl sites for hydroxylation is 2. The van der Waals surface area contributed by atoms with Crippen molar-refractivity contribution in [1.29, 1.82) is 0 Å². The monoisotopic (exact) mass is 286 g/mol. The third kappa shape index (κ3) is 2.90. The van der Waals surface area contributed by atoms with E-state index >= 15 is 0 Å². The summed E-state index contributed by atoms with van der Waals surface area (Å²) in [6.45, 7) is 3.55. The smallest absolute Gasteiger partial charge is 0.228 e. The first-order valence-electron chi connectivity index (χ1n) is 6.98. The quantitative estimate of drug-likeness (QED) is 0.850. The Morgan fingerprint density at radius 1 is 1.35 bits per heavy atom. The minimum atomic E-state index is 0.187. The van der Waals surface area contributed by atoms with Crippen molar-refractivity contribution in [3.63, 3.8) is 0 Å². The highest BCUT2D eigenvalue weighted by atomic mass is 32.1. The van der Waals surface area contributed by atoms with Crippen molar-refractivity contribution in [3.8, 4) is 0 Å². The van der Waals surface area contributed by atoms with Crippen LogP contribution in [-0.4, -0.2) is 22.3 Å². The zero-order valence-corrected chi connectivity index (χ0v) is 12.4. The number of carbonyl (C=O) groups excluding carboxylic acids is 1. The first kappa shape index (κ1) is 13.3. The number of fused-ring (bicyclic) bond motifs is 1. The molecule has 0 radical (unpaired) electrons. The second-order valence-corrected chi connectivity index (χ2v) is 6.28. The molecule has 1 aliphatic rings. The van der Waals surface area contributed by atoms with E-state index in [1.165, 1.54) is 11.1 Å². The average Bonchev–Trinajstić information content (AvgIpc) is 2.74. The average molecular weight is 286 g/mol. The highest BCUT2D eigenvalue weighted by Gasteiger charge is 2.19. The van der Waals surface area contributed by atoms with Crippen molar-refractivity contribution in [2.45, 2.75) is 32.7 Å². The van der Waals surface area contributed by atoms with Gasteiger partial charge >= 0.3 is 0 Å². The molecule has 1 aromatic heterocycles. The number of nitrogens with zero attached hydrogens (tertiary/aromatic N) is 2. The number of amides is 1. The Labute approximate surface area is 123 Å². The molecule has 1 aromatic carbocycles. The topological polar surface area (TPSA) is 33.2 Å². The number of aromatic nitrogens is 1. The molecule has 0 saturated carbocycles. The van der Waals surface area contributed by atoms with Gasteiger partial charge in [0.25, 0.3) is 0 Å². The molecule has 0 fully saturated rings. The van der Waals surface area contributed by atoms with Crippen molar-refractivity contribution in [2.75, 3.05) is 6.54 Å². The number of hydrogen-bond acceptors (Lipinski definition) is 3. The molecule has 2 heterocycles. The molecule has 0 saturated heterocycles. The molecule has 20 heavy (non-hydrogen) atoms. The van der Waals surface area contributed by atoms with E-state index in [0.29, 0.717) is 6.42 Å². The van der Waals surface area contributed by atoms with Crippen LogP contribution >= 0.6 is 11.3 Å². The second kappa shape index (κ2) is 5.75. The summed E-state index contributed by atoms with van der Waals surface area (Å²) >= 11 is 1.60. The zero-order chi connectivity index (χ0) is 13.9. The largest absolute Gasteiger partial charge is 0.338 e. The summed E-state index contributed by atoms with van der Waals surface area (Å²) in [5, 5.41) is 3.01. The molecule has 0 aliphatic carbocycles. The first-order valence-corrected chi connectivity index (χ1v) is 7.86. The van der Waals surface area contributed by atoms with Gasteiger partial charge in [-0.05, 0) is 30.9 Å². The molecule has 0 bridgehead atoms. The van der Waals surface area contributed by atoms with Crippen LogP contribution in [0, 0.1) is 6.92 Å². The Hall–Kier alpha value is -1.68. The molecule has 3 rings (SSSR count). The van der Waals surface area contributed by atoms with E-state index in [2.05, 4.69) is 29.2 Å². The summed E-state index contributed by atoms with van der Waals surface area (Å²) in [6, 6.07) is 8.44. The normalized spacial score (nSPS) is 14.8. The lowest BCUT2D eigenvalue weighted by Crippen LogP contribution is -2.32. The predicted molar refractivity (Wildman–Crippen MR) is 80.7 cm³/mol. The van der Waals surface area contributed by atoms with Crippen LogP contribution in [0.15, 0.2) is 29.6 Å². The molecule has 0 unspecified atom stereocenters. The van der Waals surface area contributed by atoms with Crippen molar-refractivity contribution in [3.05, 3.63) is 51.5 Å². The summed E-state index contributed by atoms with van der Waals surface area (Å²) in [6.07, 6.45) is 2.53. The summed E-state index contributed by atoms with van der Waals surface area (Å²) in [5.41, 5.74) is 3.56. The standard InChI is InChI=1S/C16H18N2OS/c1-12-17-15(11-20-12)9-16(19)18-8-4-7-13-5-2-3-6-14(13)10-18/h2-3,5-6,11H,4,7-10H2,1H3. The Morgan fingerprint density at radius 2 is 2.15 bits per heavy atom. The minimum absolute atomic E-state index is 0.187. The Bertz CT molecular complexity index is 620. The fraction of sp³-hybridized carbons (Fsp3) is 0.375. The minimum Gasteiger partial charge on any atom is -0.338 e. The predicted octanol–water partition coefficient (Wildman–Crippen LogP) is 2.97. The molecule has 0 atom stereocenters. The van der Waals surface area contributed by atoms with Gasteiger partial charge in [0.15, 0.2) is 0 Å². The maximum absolute atomic E-state index is 12.4. The fourth-order valence-corrected chi connectivity index (χ4v) is 3.28. The van der Waals surface area contributed by atoms with Crippen LogP contribution in [0.1, 0.15) is 28.2 Å².